The molecule has 0 aliphatic rings. The van der Waals surface area contributed by atoms with Gasteiger partial charge in [-0.05, 0) is 20.8 Å². The number of allylic oxidation sites excluding steroid dienone is 3. The summed E-state index contributed by atoms with van der Waals surface area (Å²) in [6, 6.07) is -0.140. The average Bonchev–Trinajstić information content (AvgIpc) is 2.25. The van der Waals surface area contributed by atoms with E-state index in [4.69, 9.17) is 0 Å². The third kappa shape index (κ3) is 7.78. The molecule has 0 radical (unpaired) electrons. The van der Waals surface area contributed by atoms with Gasteiger partial charge in [-0.15, -0.1) is 0 Å². The van der Waals surface area contributed by atoms with Crippen LogP contribution in [-0.2, 0) is 14.4 Å². The Balaban J connectivity index is 3.99. The smallest absolute Gasteiger partial charge is 0.327 e. The zero-order valence-electron chi connectivity index (χ0n) is 10.1. The molecular weight excluding hydrogens is 222 g/mol. The van der Waals surface area contributed by atoms with Crippen molar-refractivity contribution < 1.29 is 14.4 Å². The van der Waals surface area contributed by atoms with Crippen LogP contribution in [-0.4, -0.2) is 23.8 Å². The van der Waals surface area contributed by atoms with Gasteiger partial charge < -0.3 is 5.32 Å². The molecule has 0 aliphatic carbocycles. The number of hydrazine groups is 1. The number of hydrogen-bond acceptors (Lipinski definition) is 3. The van der Waals surface area contributed by atoms with Crippen molar-refractivity contribution in [3.63, 3.8) is 0 Å². The van der Waals surface area contributed by atoms with Gasteiger partial charge in [0, 0.05) is 12.1 Å². The highest BCUT2D eigenvalue weighted by atomic mass is 16.2. The Labute approximate surface area is 100 Å². The lowest BCUT2D eigenvalue weighted by atomic mass is 10.4. The topological polar surface area (TPSA) is 87.3 Å². The van der Waals surface area contributed by atoms with Crippen LogP contribution in [0.15, 0.2) is 24.3 Å². The van der Waals surface area contributed by atoms with E-state index in [0.29, 0.717) is 0 Å². The maximum absolute atomic E-state index is 11.1. The Morgan fingerprint density at radius 1 is 1.00 bits per heavy atom. The molecule has 0 unspecified atom stereocenters. The molecule has 6 nitrogen and oxygen atoms in total. The number of amides is 3. The summed E-state index contributed by atoms with van der Waals surface area (Å²) in [5.41, 5.74) is 4.06. The highest BCUT2D eigenvalue weighted by Crippen LogP contribution is 1.78. The molecule has 0 saturated carbocycles. The van der Waals surface area contributed by atoms with Gasteiger partial charge in [0.25, 0.3) is 5.91 Å². The summed E-state index contributed by atoms with van der Waals surface area (Å²) < 4.78 is 0. The second-order valence-corrected chi connectivity index (χ2v) is 3.46. The Morgan fingerprint density at radius 2 is 1.65 bits per heavy atom. The number of carbonyl (C=O) groups excluding carboxylic acids is 3. The van der Waals surface area contributed by atoms with Crippen LogP contribution >= 0.6 is 0 Å². The van der Waals surface area contributed by atoms with Crippen molar-refractivity contribution in [2.24, 2.45) is 0 Å². The molecule has 0 heterocycles. The SMILES string of the molecule is C/C=C/C=C/C(=O)NNC(=O)C(=O)NC(C)C. The van der Waals surface area contributed by atoms with E-state index in [1.54, 1.807) is 32.9 Å². The van der Waals surface area contributed by atoms with Crippen LogP contribution in [0.2, 0.25) is 0 Å². The summed E-state index contributed by atoms with van der Waals surface area (Å²) in [7, 11) is 0. The van der Waals surface area contributed by atoms with E-state index in [1.165, 1.54) is 12.2 Å². The van der Waals surface area contributed by atoms with E-state index < -0.39 is 17.7 Å². The second-order valence-electron chi connectivity index (χ2n) is 3.46. The van der Waals surface area contributed by atoms with E-state index in [2.05, 4.69) is 10.7 Å². The van der Waals surface area contributed by atoms with Gasteiger partial charge in [-0.2, -0.15) is 0 Å². The number of carbonyl (C=O) groups is 3. The minimum Gasteiger partial charge on any atom is -0.346 e. The number of nitrogens with one attached hydrogen (secondary N) is 3. The Kier molecular flexibility index (Phi) is 7.09. The first-order valence-electron chi connectivity index (χ1n) is 5.17. The first-order valence-corrected chi connectivity index (χ1v) is 5.17. The largest absolute Gasteiger partial charge is 0.346 e. The monoisotopic (exact) mass is 239 g/mol. The molecule has 0 aliphatic heterocycles. The third-order valence-corrected chi connectivity index (χ3v) is 1.48. The first kappa shape index (κ1) is 14.9. The van der Waals surface area contributed by atoms with E-state index in [-0.39, 0.29) is 6.04 Å². The zero-order chi connectivity index (χ0) is 13.3. The summed E-state index contributed by atoms with van der Waals surface area (Å²) in [4.78, 5) is 33.3. The highest BCUT2D eigenvalue weighted by Gasteiger charge is 2.13. The normalized spacial score (nSPS) is 10.8. The Morgan fingerprint density at radius 3 is 2.18 bits per heavy atom. The maximum Gasteiger partial charge on any atom is 0.327 e. The van der Waals surface area contributed by atoms with Crippen LogP contribution in [0.25, 0.3) is 0 Å². The number of rotatable bonds is 3. The van der Waals surface area contributed by atoms with Gasteiger partial charge in [0.15, 0.2) is 0 Å². The highest BCUT2D eigenvalue weighted by molar-refractivity contribution is 6.35. The molecule has 0 rings (SSSR count). The standard InChI is InChI=1S/C11H17N3O3/c1-4-5-6-7-9(15)13-14-11(17)10(16)12-8(2)3/h4-8H,1-3H3,(H,12,16)(H,13,15)(H,14,17)/b5-4+,7-6+. The molecule has 0 aromatic carbocycles. The predicted octanol–water partition coefficient (Wildman–Crippen LogP) is -0.209. The number of hydrogen-bond donors (Lipinski definition) is 3. The molecule has 3 N–H and O–H groups in total. The van der Waals surface area contributed by atoms with Crippen LogP contribution in [0.1, 0.15) is 20.8 Å². The zero-order valence-corrected chi connectivity index (χ0v) is 10.1. The summed E-state index contributed by atoms with van der Waals surface area (Å²) in [5, 5.41) is 2.39. The molecule has 0 atom stereocenters. The molecule has 0 aromatic heterocycles. The van der Waals surface area contributed by atoms with Crippen molar-refractivity contribution >= 4 is 17.7 Å². The van der Waals surface area contributed by atoms with E-state index in [1.807, 2.05) is 5.43 Å². The molecule has 0 spiro atoms. The third-order valence-electron chi connectivity index (χ3n) is 1.48. The lowest BCUT2D eigenvalue weighted by molar-refractivity contribution is -0.140. The van der Waals surface area contributed by atoms with Gasteiger partial charge in [0.1, 0.15) is 0 Å². The fourth-order valence-electron chi connectivity index (χ4n) is 0.799. The molecular formula is C11H17N3O3. The van der Waals surface area contributed by atoms with Gasteiger partial charge in [0.05, 0.1) is 0 Å². The minimum absolute atomic E-state index is 0.140. The second kappa shape index (κ2) is 8.09. The van der Waals surface area contributed by atoms with E-state index in [0.717, 1.165) is 0 Å². The van der Waals surface area contributed by atoms with Crippen LogP contribution in [0, 0.1) is 0 Å². The van der Waals surface area contributed by atoms with Gasteiger partial charge in [-0.25, -0.2) is 0 Å². The average molecular weight is 239 g/mol. The summed E-state index contributed by atoms with van der Waals surface area (Å²) in [5.74, 6) is -2.22. The molecule has 0 aromatic rings. The van der Waals surface area contributed by atoms with Crippen LogP contribution in [0.3, 0.4) is 0 Å². The van der Waals surface area contributed by atoms with Crippen molar-refractivity contribution in [3.05, 3.63) is 24.3 Å². The lowest BCUT2D eigenvalue weighted by Crippen LogP contribution is -2.49. The fourth-order valence-corrected chi connectivity index (χ4v) is 0.799. The van der Waals surface area contributed by atoms with Crippen molar-refractivity contribution in [2.45, 2.75) is 26.8 Å². The lowest BCUT2D eigenvalue weighted by Gasteiger charge is -2.08. The van der Waals surface area contributed by atoms with Gasteiger partial charge >= 0.3 is 11.8 Å². The van der Waals surface area contributed by atoms with Crippen LogP contribution in [0.4, 0.5) is 0 Å². The summed E-state index contributed by atoms with van der Waals surface area (Å²) in [6.45, 7) is 5.26. The summed E-state index contributed by atoms with van der Waals surface area (Å²) >= 11 is 0. The van der Waals surface area contributed by atoms with Crippen LogP contribution < -0.4 is 16.2 Å². The Hall–Kier alpha value is -2.11. The van der Waals surface area contributed by atoms with E-state index >= 15 is 0 Å². The van der Waals surface area contributed by atoms with Crippen LogP contribution in [0.5, 0.6) is 0 Å². The van der Waals surface area contributed by atoms with Crippen molar-refractivity contribution in [2.75, 3.05) is 0 Å². The molecule has 3 amide bonds. The Bertz CT molecular complexity index is 346. The molecule has 6 heteroatoms. The fraction of sp³-hybridized carbons (Fsp3) is 0.364. The maximum atomic E-state index is 11.1. The molecule has 0 saturated heterocycles. The molecule has 0 fully saturated rings. The van der Waals surface area contributed by atoms with Gasteiger partial charge in [-0.1, -0.05) is 18.2 Å². The molecule has 94 valence electrons. The van der Waals surface area contributed by atoms with Gasteiger partial charge in [0.2, 0.25) is 0 Å². The van der Waals surface area contributed by atoms with E-state index in [9.17, 15) is 14.4 Å². The summed E-state index contributed by atoms with van der Waals surface area (Å²) in [6.07, 6.45) is 6.14. The minimum atomic E-state index is -0.911. The predicted molar refractivity (Wildman–Crippen MR) is 63.5 cm³/mol. The van der Waals surface area contributed by atoms with Crippen molar-refractivity contribution in [1.82, 2.24) is 16.2 Å². The molecule has 0 bridgehead atoms. The van der Waals surface area contributed by atoms with Crippen molar-refractivity contribution in [1.29, 1.82) is 0 Å². The van der Waals surface area contributed by atoms with Gasteiger partial charge in [-0.3, -0.25) is 25.2 Å². The quantitative estimate of drug-likeness (QED) is 0.276. The molecule has 17 heavy (non-hydrogen) atoms. The first-order chi connectivity index (χ1) is 7.97. The van der Waals surface area contributed by atoms with Crippen molar-refractivity contribution in [3.8, 4) is 0 Å².